The maximum absolute atomic E-state index is 5.47. The molecule has 0 aliphatic rings. The van der Waals surface area contributed by atoms with Crippen LogP contribution in [0.2, 0.25) is 0 Å². The van der Waals surface area contributed by atoms with Crippen LogP contribution in [-0.2, 0) is 0 Å². The zero-order chi connectivity index (χ0) is 10.7. The molecule has 0 radical (unpaired) electrons. The van der Waals surface area contributed by atoms with Crippen molar-refractivity contribution in [2.45, 2.75) is 19.9 Å². The molecule has 80 valence electrons. The molecule has 0 amide bonds. The molecule has 2 heterocycles. The molecule has 0 bridgehead atoms. The summed E-state index contributed by atoms with van der Waals surface area (Å²) in [6, 6.07) is 4.14. The Morgan fingerprint density at radius 2 is 2.33 bits per heavy atom. The smallest absolute Gasteiger partial charge is 0.125 e. The van der Waals surface area contributed by atoms with Crippen LogP contribution in [-0.4, -0.2) is 6.54 Å². The fraction of sp³-hybridized carbons (Fsp3) is 0.333. The van der Waals surface area contributed by atoms with Gasteiger partial charge >= 0.3 is 0 Å². The molecule has 0 aromatic carbocycles. The lowest BCUT2D eigenvalue weighted by Gasteiger charge is -2.15. The quantitative estimate of drug-likeness (QED) is 0.856. The topological polar surface area (TPSA) is 25.2 Å². The van der Waals surface area contributed by atoms with Crippen molar-refractivity contribution in [3.8, 4) is 0 Å². The normalized spacial score (nSPS) is 12.9. The van der Waals surface area contributed by atoms with E-state index in [-0.39, 0.29) is 6.04 Å². The third-order valence-corrected chi connectivity index (χ3v) is 3.32. The second-order valence-electron chi connectivity index (χ2n) is 3.52. The van der Waals surface area contributed by atoms with Gasteiger partial charge in [-0.3, -0.25) is 0 Å². The van der Waals surface area contributed by atoms with Crippen molar-refractivity contribution in [3.05, 3.63) is 46.0 Å². The SMILES string of the molecule is CCNC(c1ccco1)c1cscc1C. The van der Waals surface area contributed by atoms with E-state index in [2.05, 4.69) is 29.9 Å². The first-order valence-corrected chi connectivity index (χ1v) is 6.06. The van der Waals surface area contributed by atoms with Crippen molar-refractivity contribution < 1.29 is 4.42 Å². The molecule has 2 aromatic heterocycles. The number of thiophene rings is 1. The van der Waals surface area contributed by atoms with Gasteiger partial charge in [-0.25, -0.2) is 0 Å². The summed E-state index contributed by atoms with van der Waals surface area (Å²) in [6.07, 6.45) is 1.72. The first-order chi connectivity index (χ1) is 7.33. The molecule has 0 spiro atoms. The highest BCUT2D eigenvalue weighted by Gasteiger charge is 2.17. The molecule has 0 aliphatic heterocycles. The summed E-state index contributed by atoms with van der Waals surface area (Å²) in [5.74, 6) is 0.985. The van der Waals surface area contributed by atoms with Gasteiger partial charge in [0.1, 0.15) is 5.76 Å². The Labute approximate surface area is 93.9 Å². The van der Waals surface area contributed by atoms with Crippen LogP contribution in [0.4, 0.5) is 0 Å². The highest BCUT2D eigenvalue weighted by Crippen LogP contribution is 2.27. The second kappa shape index (κ2) is 4.64. The van der Waals surface area contributed by atoms with E-state index < -0.39 is 0 Å². The number of hydrogen-bond donors (Lipinski definition) is 1. The first-order valence-electron chi connectivity index (χ1n) is 5.12. The van der Waals surface area contributed by atoms with Crippen molar-refractivity contribution in [1.29, 1.82) is 0 Å². The summed E-state index contributed by atoms with van der Waals surface area (Å²) >= 11 is 1.74. The minimum absolute atomic E-state index is 0.191. The van der Waals surface area contributed by atoms with Gasteiger partial charge in [0.25, 0.3) is 0 Å². The fourth-order valence-corrected chi connectivity index (χ4v) is 2.57. The average Bonchev–Trinajstić information content (AvgIpc) is 2.85. The minimum Gasteiger partial charge on any atom is -0.467 e. The van der Waals surface area contributed by atoms with Crippen LogP contribution in [0.3, 0.4) is 0 Å². The Morgan fingerprint density at radius 1 is 1.47 bits per heavy atom. The lowest BCUT2D eigenvalue weighted by molar-refractivity contribution is 0.452. The molecule has 1 atom stereocenters. The molecule has 1 unspecified atom stereocenters. The van der Waals surface area contributed by atoms with E-state index in [0.29, 0.717) is 0 Å². The monoisotopic (exact) mass is 221 g/mol. The van der Waals surface area contributed by atoms with E-state index in [9.17, 15) is 0 Å². The highest BCUT2D eigenvalue weighted by atomic mass is 32.1. The minimum atomic E-state index is 0.191. The van der Waals surface area contributed by atoms with E-state index in [0.717, 1.165) is 12.3 Å². The van der Waals surface area contributed by atoms with Crippen molar-refractivity contribution in [2.24, 2.45) is 0 Å². The van der Waals surface area contributed by atoms with Gasteiger partial charge in [-0.05, 0) is 47.5 Å². The predicted molar refractivity (Wildman–Crippen MR) is 63.3 cm³/mol. The van der Waals surface area contributed by atoms with Crippen molar-refractivity contribution in [2.75, 3.05) is 6.54 Å². The molecule has 15 heavy (non-hydrogen) atoms. The molecule has 0 saturated heterocycles. The van der Waals surface area contributed by atoms with Gasteiger partial charge in [0.2, 0.25) is 0 Å². The predicted octanol–water partition coefficient (Wildman–Crippen LogP) is 3.35. The number of hydrogen-bond acceptors (Lipinski definition) is 3. The summed E-state index contributed by atoms with van der Waals surface area (Å²) in [5, 5.41) is 7.80. The van der Waals surface area contributed by atoms with E-state index in [1.165, 1.54) is 11.1 Å². The fourth-order valence-electron chi connectivity index (χ4n) is 1.69. The molecule has 0 fully saturated rings. The van der Waals surface area contributed by atoms with Crippen LogP contribution in [0.15, 0.2) is 33.6 Å². The van der Waals surface area contributed by atoms with Gasteiger partial charge < -0.3 is 9.73 Å². The molecule has 2 aromatic rings. The molecular weight excluding hydrogens is 206 g/mol. The molecule has 3 heteroatoms. The molecular formula is C12H15NOS. The summed E-state index contributed by atoms with van der Waals surface area (Å²) in [4.78, 5) is 0. The maximum Gasteiger partial charge on any atom is 0.125 e. The van der Waals surface area contributed by atoms with Crippen LogP contribution in [0, 0.1) is 6.92 Å². The second-order valence-corrected chi connectivity index (χ2v) is 4.26. The Kier molecular flexibility index (Phi) is 3.23. The zero-order valence-electron chi connectivity index (χ0n) is 8.99. The van der Waals surface area contributed by atoms with E-state index >= 15 is 0 Å². The van der Waals surface area contributed by atoms with E-state index in [1.54, 1.807) is 17.6 Å². The summed E-state index contributed by atoms with van der Waals surface area (Å²) in [5.41, 5.74) is 2.64. The maximum atomic E-state index is 5.47. The average molecular weight is 221 g/mol. The summed E-state index contributed by atoms with van der Waals surface area (Å²) < 4.78 is 5.47. The van der Waals surface area contributed by atoms with Crippen molar-refractivity contribution in [1.82, 2.24) is 5.32 Å². The Balaban J connectivity index is 2.32. The Bertz CT molecular complexity index is 405. The van der Waals surface area contributed by atoms with Gasteiger partial charge in [-0.2, -0.15) is 11.3 Å². The zero-order valence-corrected chi connectivity index (χ0v) is 9.80. The summed E-state index contributed by atoms with van der Waals surface area (Å²) in [6.45, 7) is 5.18. The Morgan fingerprint density at radius 3 is 2.87 bits per heavy atom. The highest BCUT2D eigenvalue weighted by molar-refractivity contribution is 7.08. The number of rotatable bonds is 4. The van der Waals surface area contributed by atoms with Crippen LogP contribution in [0.1, 0.15) is 29.9 Å². The van der Waals surface area contributed by atoms with Gasteiger partial charge in [0, 0.05) is 0 Å². The van der Waals surface area contributed by atoms with Crippen molar-refractivity contribution in [3.63, 3.8) is 0 Å². The largest absolute Gasteiger partial charge is 0.467 e. The molecule has 2 nitrogen and oxygen atoms in total. The van der Waals surface area contributed by atoms with Crippen LogP contribution >= 0.6 is 11.3 Å². The van der Waals surface area contributed by atoms with Gasteiger partial charge in [-0.1, -0.05) is 6.92 Å². The van der Waals surface area contributed by atoms with Gasteiger partial charge in [0.15, 0.2) is 0 Å². The third kappa shape index (κ3) is 2.13. The van der Waals surface area contributed by atoms with E-state index in [1.807, 2.05) is 12.1 Å². The number of furan rings is 1. The summed E-state index contributed by atoms with van der Waals surface area (Å²) in [7, 11) is 0. The van der Waals surface area contributed by atoms with Gasteiger partial charge in [-0.15, -0.1) is 0 Å². The number of aryl methyl sites for hydroxylation is 1. The van der Waals surface area contributed by atoms with Crippen molar-refractivity contribution >= 4 is 11.3 Å². The standard InChI is InChI=1S/C12H15NOS/c1-3-13-12(11-5-4-6-14-11)10-8-15-7-9(10)2/h4-8,12-13H,3H2,1-2H3. The Hall–Kier alpha value is -1.06. The molecule has 2 rings (SSSR count). The van der Waals surface area contributed by atoms with Gasteiger partial charge in [0.05, 0.1) is 12.3 Å². The van der Waals surface area contributed by atoms with Crippen LogP contribution in [0.25, 0.3) is 0 Å². The lowest BCUT2D eigenvalue weighted by Crippen LogP contribution is -2.21. The van der Waals surface area contributed by atoms with Crippen LogP contribution < -0.4 is 5.32 Å². The number of nitrogens with one attached hydrogen (secondary N) is 1. The van der Waals surface area contributed by atoms with Crippen LogP contribution in [0.5, 0.6) is 0 Å². The molecule has 0 saturated carbocycles. The third-order valence-electron chi connectivity index (χ3n) is 2.44. The lowest BCUT2D eigenvalue weighted by atomic mass is 10.0. The molecule has 1 N–H and O–H groups in total. The first kappa shape index (κ1) is 10.5. The van der Waals surface area contributed by atoms with E-state index in [4.69, 9.17) is 4.42 Å². The molecule has 0 aliphatic carbocycles.